The molecule has 2 N–H and O–H groups in total. The summed E-state index contributed by atoms with van der Waals surface area (Å²) in [6, 6.07) is 8.70. The fourth-order valence-electron chi connectivity index (χ4n) is 2.82. The van der Waals surface area contributed by atoms with Crippen molar-refractivity contribution in [2.45, 2.75) is 57.5 Å². The summed E-state index contributed by atoms with van der Waals surface area (Å²) < 4.78 is 5.59. The summed E-state index contributed by atoms with van der Waals surface area (Å²) in [6.07, 6.45) is 7.44. The van der Waals surface area contributed by atoms with Crippen LogP contribution in [0.15, 0.2) is 24.3 Å². The Hall–Kier alpha value is -1.06. The van der Waals surface area contributed by atoms with Crippen LogP contribution in [-0.2, 0) is 0 Å². The highest BCUT2D eigenvalue weighted by Gasteiger charge is 2.18. The predicted molar refractivity (Wildman–Crippen MR) is 82.1 cm³/mol. The molecule has 0 saturated heterocycles. The van der Waals surface area contributed by atoms with E-state index in [1.54, 1.807) is 0 Å². The van der Waals surface area contributed by atoms with Gasteiger partial charge in [0.2, 0.25) is 0 Å². The Balaban J connectivity index is 1.92. The Morgan fingerprint density at radius 1 is 1.20 bits per heavy atom. The highest BCUT2D eigenvalue weighted by molar-refractivity contribution is 5.29. The van der Waals surface area contributed by atoms with Crippen LogP contribution in [0.3, 0.4) is 0 Å². The van der Waals surface area contributed by atoms with Crippen LogP contribution in [0.25, 0.3) is 0 Å². The van der Waals surface area contributed by atoms with Gasteiger partial charge in [-0.05, 0) is 37.0 Å². The molecule has 3 heteroatoms. The van der Waals surface area contributed by atoms with Crippen LogP contribution in [0.5, 0.6) is 5.75 Å². The zero-order chi connectivity index (χ0) is 14.2. The molecule has 1 aromatic carbocycles. The van der Waals surface area contributed by atoms with Crippen molar-refractivity contribution >= 4 is 0 Å². The largest absolute Gasteiger partial charge is 0.494 e. The summed E-state index contributed by atoms with van der Waals surface area (Å²) in [7, 11) is 0. The third-order valence-electron chi connectivity index (χ3n) is 3.98. The van der Waals surface area contributed by atoms with Crippen molar-refractivity contribution in [1.82, 2.24) is 5.32 Å². The van der Waals surface area contributed by atoms with E-state index < -0.39 is 0 Å². The summed E-state index contributed by atoms with van der Waals surface area (Å²) >= 11 is 0. The number of hydrogen-bond acceptors (Lipinski definition) is 3. The molecule has 0 aromatic heterocycles. The van der Waals surface area contributed by atoms with Gasteiger partial charge in [0.1, 0.15) is 5.75 Å². The van der Waals surface area contributed by atoms with Crippen molar-refractivity contribution in [2.24, 2.45) is 0 Å². The fraction of sp³-hybridized carbons (Fsp3) is 0.647. The standard InChI is InChI=1S/C17H27NO2/c1-2-12-20-16-10-8-14(9-11-16)17(13-19)18-15-6-4-3-5-7-15/h8-11,15,17-19H,2-7,12-13H2,1H3. The van der Waals surface area contributed by atoms with Crippen LogP contribution in [-0.4, -0.2) is 24.4 Å². The van der Waals surface area contributed by atoms with Crippen LogP contribution in [0.4, 0.5) is 0 Å². The number of hydrogen-bond donors (Lipinski definition) is 2. The second kappa shape index (κ2) is 8.28. The maximum Gasteiger partial charge on any atom is 0.119 e. The lowest BCUT2D eigenvalue weighted by Crippen LogP contribution is -2.36. The molecule has 0 amide bonds. The minimum absolute atomic E-state index is 0.0401. The first kappa shape index (κ1) is 15.3. The lowest BCUT2D eigenvalue weighted by atomic mass is 9.94. The average molecular weight is 277 g/mol. The van der Waals surface area contributed by atoms with Crippen molar-refractivity contribution in [1.29, 1.82) is 0 Å². The Morgan fingerprint density at radius 3 is 2.50 bits per heavy atom. The molecule has 3 nitrogen and oxygen atoms in total. The molecule has 0 radical (unpaired) electrons. The van der Waals surface area contributed by atoms with Gasteiger partial charge >= 0.3 is 0 Å². The minimum atomic E-state index is 0.0401. The van der Waals surface area contributed by atoms with E-state index >= 15 is 0 Å². The Labute approximate surface area is 122 Å². The van der Waals surface area contributed by atoms with E-state index in [2.05, 4.69) is 24.4 Å². The number of aliphatic hydroxyl groups is 1. The predicted octanol–water partition coefficient (Wildman–Crippen LogP) is 3.43. The number of rotatable bonds is 7. The number of aliphatic hydroxyl groups excluding tert-OH is 1. The third-order valence-corrected chi connectivity index (χ3v) is 3.98. The van der Waals surface area contributed by atoms with E-state index in [4.69, 9.17) is 4.74 Å². The van der Waals surface area contributed by atoms with Crippen molar-refractivity contribution in [3.8, 4) is 5.75 Å². The number of benzene rings is 1. The topological polar surface area (TPSA) is 41.5 Å². The van der Waals surface area contributed by atoms with Crippen LogP contribution in [0.1, 0.15) is 57.1 Å². The highest BCUT2D eigenvalue weighted by atomic mass is 16.5. The smallest absolute Gasteiger partial charge is 0.119 e. The van der Waals surface area contributed by atoms with Crippen molar-refractivity contribution in [3.05, 3.63) is 29.8 Å². The van der Waals surface area contributed by atoms with Gasteiger partial charge in [0.15, 0.2) is 0 Å². The minimum Gasteiger partial charge on any atom is -0.494 e. The maximum atomic E-state index is 9.63. The molecule has 1 atom stereocenters. The summed E-state index contributed by atoms with van der Waals surface area (Å²) in [4.78, 5) is 0. The zero-order valence-corrected chi connectivity index (χ0v) is 12.5. The molecule has 1 saturated carbocycles. The molecule has 1 fully saturated rings. The van der Waals surface area contributed by atoms with Gasteiger partial charge in [-0.1, -0.05) is 38.3 Å². The first-order valence-electron chi connectivity index (χ1n) is 7.93. The van der Waals surface area contributed by atoms with Crippen molar-refractivity contribution < 1.29 is 9.84 Å². The molecule has 0 heterocycles. The molecule has 1 aliphatic rings. The molecule has 1 aromatic rings. The molecule has 2 rings (SSSR count). The monoisotopic (exact) mass is 277 g/mol. The molecule has 20 heavy (non-hydrogen) atoms. The molecule has 0 aliphatic heterocycles. The van der Waals surface area contributed by atoms with Gasteiger partial charge in [-0.15, -0.1) is 0 Å². The lowest BCUT2D eigenvalue weighted by molar-refractivity contribution is 0.220. The van der Waals surface area contributed by atoms with Gasteiger partial charge in [0, 0.05) is 6.04 Å². The Morgan fingerprint density at radius 2 is 1.90 bits per heavy atom. The molecular weight excluding hydrogens is 250 g/mol. The van der Waals surface area contributed by atoms with E-state index in [-0.39, 0.29) is 12.6 Å². The molecule has 112 valence electrons. The van der Waals surface area contributed by atoms with Gasteiger partial charge in [-0.2, -0.15) is 0 Å². The first-order chi connectivity index (χ1) is 9.83. The maximum absolute atomic E-state index is 9.63. The summed E-state index contributed by atoms with van der Waals surface area (Å²) in [5.74, 6) is 0.907. The van der Waals surface area contributed by atoms with Crippen molar-refractivity contribution in [3.63, 3.8) is 0 Å². The molecule has 1 aliphatic carbocycles. The third kappa shape index (κ3) is 4.50. The molecule has 0 bridgehead atoms. The second-order valence-corrected chi connectivity index (χ2v) is 5.65. The van der Waals surface area contributed by atoms with Gasteiger partial charge in [-0.25, -0.2) is 0 Å². The normalized spacial score (nSPS) is 17.9. The first-order valence-corrected chi connectivity index (χ1v) is 7.93. The van der Waals surface area contributed by atoms with E-state index in [1.807, 2.05) is 12.1 Å². The van der Waals surface area contributed by atoms with Gasteiger partial charge in [-0.3, -0.25) is 0 Å². The quantitative estimate of drug-likeness (QED) is 0.802. The SMILES string of the molecule is CCCOc1ccc(C(CO)NC2CCCCC2)cc1. The van der Waals surface area contributed by atoms with Gasteiger partial charge in [0.25, 0.3) is 0 Å². The Bertz CT molecular complexity index is 371. The second-order valence-electron chi connectivity index (χ2n) is 5.65. The Kier molecular flexibility index (Phi) is 6.34. The number of nitrogens with one attached hydrogen (secondary N) is 1. The van der Waals surface area contributed by atoms with Gasteiger partial charge in [0.05, 0.1) is 19.3 Å². The average Bonchev–Trinajstić information content (AvgIpc) is 2.52. The van der Waals surface area contributed by atoms with E-state index in [0.29, 0.717) is 6.04 Å². The van der Waals surface area contributed by atoms with Crippen LogP contribution < -0.4 is 10.1 Å². The van der Waals surface area contributed by atoms with Crippen LogP contribution >= 0.6 is 0 Å². The van der Waals surface area contributed by atoms with Gasteiger partial charge < -0.3 is 15.2 Å². The summed E-state index contributed by atoms with van der Waals surface area (Å²) in [5.41, 5.74) is 1.14. The van der Waals surface area contributed by atoms with Crippen LogP contribution in [0.2, 0.25) is 0 Å². The summed E-state index contributed by atoms with van der Waals surface area (Å²) in [5, 5.41) is 13.2. The summed E-state index contributed by atoms with van der Waals surface area (Å²) in [6.45, 7) is 3.00. The molecule has 1 unspecified atom stereocenters. The van der Waals surface area contributed by atoms with Crippen LogP contribution in [0, 0.1) is 0 Å². The highest BCUT2D eigenvalue weighted by Crippen LogP contribution is 2.23. The zero-order valence-electron chi connectivity index (χ0n) is 12.5. The fourth-order valence-corrected chi connectivity index (χ4v) is 2.82. The molecular formula is C17H27NO2. The van der Waals surface area contributed by atoms with E-state index in [0.717, 1.165) is 24.3 Å². The number of ether oxygens (including phenoxy) is 1. The molecule has 0 spiro atoms. The van der Waals surface area contributed by atoms with E-state index in [1.165, 1.54) is 32.1 Å². The van der Waals surface area contributed by atoms with Crippen molar-refractivity contribution in [2.75, 3.05) is 13.2 Å². The van der Waals surface area contributed by atoms with E-state index in [9.17, 15) is 5.11 Å². The lowest BCUT2D eigenvalue weighted by Gasteiger charge is -2.28.